The molecule has 0 saturated carbocycles. The molecule has 1 amide bonds. The van der Waals surface area contributed by atoms with Gasteiger partial charge in [-0.1, -0.05) is 20.8 Å². The topological polar surface area (TPSA) is 62.2 Å². The summed E-state index contributed by atoms with van der Waals surface area (Å²) in [4.78, 5) is 16.4. The first-order chi connectivity index (χ1) is 8.31. The van der Waals surface area contributed by atoms with Gasteiger partial charge in [-0.25, -0.2) is 4.98 Å². The van der Waals surface area contributed by atoms with Gasteiger partial charge in [0, 0.05) is 16.5 Å². The number of nitrogens with one attached hydrogen (secondary N) is 1. The fourth-order valence-corrected chi connectivity index (χ4v) is 3.79. The molecular weight excluding hydrogens is 268 g/mol. The Hall–Kier alpha value is -0.590. The van der Waals surface area contributed by atoms with Gasteiger partial charge in [-0.05, 0) is 12.2 Å². The number of aromatic nitrogens is 1. The van der Waals surface area contributed by atoms with E-state index < -0.39 is 5.60 Å². The lowest BCUT2D eigenvalue weighted by Crippen LogP contribution is -2.42. The number of thioether (sulfide) groups is 1. The molecule has 0 bridgehead atoms. The molecule has 0 spiro atoms. The second kappa shape index (κ2) is 4.83. The van der Waals surface area contributed by atoms with Crippen molar-refractivity contribution >= 4 is 34.1 Å². The molecule has 0 radical (unpaired) electrons. The molecule has 1 aromatic rings. The standard InChI is InChI=1S/C12H18N2O2S2/c1-11(2,3)8-6-18-10(13-8)14-9(15)12(16)4-5-17-7-12/h6,16H,4-5,7H2,1-3H3,(H,13,14,15)/t12-/m0/s1. The number of rotatable bonds is 2. The minimum absolute atomic E-state index is 0.0282. The smallest absolute Gasteiger partial charge is 0.259 e. The number of thiazole rings is 1. The van der Waals surface area contributed by atoms with Gasteiger partial charge in [0.2, 0.25) is 0 Å². The monoisotopic (exact) mass is 286 g/mol. The van der Waals surface area contributed by atoms with Crippen molar-refractivity contribution in [3.63, 3.8) is 0 Å². The fourth-order valence-electron chi connectivity index (χ4n) is 1.62. The summed E-state index contributed by atoms with van der Waals surface area (Å²) in [6.07, 6.45) is 0.515. The number of hydrogen-bond donors (Lipinski definition) is 2. The van der Waals surface area contributed by atoms with E-state index in [0.29, 0.717) is 17.3 Å². The van der Waals surface area contributed by atoms with Gasteiger partial charge in [0.1, 0.15) is 0 Å². The third-order valence-electron chi connectivity index (χ3n) is 2.92. The van der Waals surface area contributed by atoms with Gasteiger partial charge in [0.05, 0.1) is 5.69 Å². The van der Waals surface area contributed by atoms with Crippen LogP contribution in [0, 0.1) is 0 Å². The fraction of sp³-hybridized carbons (Fsp3) is 0.667. The van der Waals surface area contributed by atoms with Crippen LogP contribution in [-0.4, -0.2) is 33.1 Å². The molecular formula is C12H18N2O2S2. The molecule has 1 aromatic heterocycles. The maximum Gasteiger partial charge on any atom is 0.259 e. The van der Waals surface area contributed by atoms with Crippen LogP contribution in [0.4, 0.5) is 5.13 Å². The number of carbonyl (C=O) groups is 1. The molecule has 1 saturated heterocycles. The van der Waals surface area contributed by atoms with Crippen LogP contribution in [-0.2, 0) is 10.2 Å². The Labute approximate surface area is 115 Å². The van der Waals surface area contributed by atoms with E-state index in [1.807, 2.05) is 5.38 Å². The third-order valence-corrected chi connectivity index (χ3v) is 4.85. The van der Waals surface area contributed by atoms with Gasteiger partial charge >= 0.3 is 0 Å². The molecule has 0 unspecified atom stereocenters. The van der Waals surface area contributed by atoms with Crippen LogP contribution in [0.5, 0.6) is 0 Å². The maximum atomic E-state index is 12.0. The molecule has 2 N–H and O–H groups in total. The summed E-state index contributed by atoms with van der Waals surface area (Å²) in [6.45, 7) is 6.23. The van der Waals surface area contributed by atoms with Crippen LogP contribution in [0.2, 0.25) is 0 Å². The van der Waals surface area contributed by atoms with E-state index >= 15 is 0 Å². The van der Waals surface area contributed by atoms with Crippen LogP contribution >= 0.6 is 23.1 Å². The highest BCUT2D eigenvalue weighted by Crippen LogP contribution is 2.30. The van der Waals surface area contributed by atoms with Crippen LogP contribution in [0.15, 0.2) is 5.38 Å². The summed E-state index contributed by atoms with van der Waals surface area (Å²) in [5, 5.41) is 15.4. The highest BCUT2D eigenvalue weighted by Gasteiger charge is 2.39. The van der Waals surface area contributed by atoms with E-state index in [1.165, 1.54) is 11.3 Å². The molecule has 2 heterocycles. The molecule has 0 aromatic carbocycles. The number of hydrogen-bond acceptors (Lipinski definition) is 5. The van der Waals surface area contributed by atoms with Crippen molar-refractivity contribution in [2.45, 2.75) is 38.2 Å². The average Bonchev–Trinajstić information content (AvgIpc) is 2.86. The Balaban J connectivity index is 2.06. The molecule has 1 atom stereocenters. The van der Waals surface area contributed by atoms with E-state index in [0.717, 1.165) is 11.4 Å². The summed E-state index contributed by atoms with van der Waals surface area (Å²) >= 11 is 3.00. The number of nitrogens with zero attached hydrogens (tertiary/aromatic N) is 1. The van der Waals surface area contributed by atoms with Gasteiger partial charge in [-0.3, -0.25) is 10.1 Å². The first-order valence-electron chi connectivity index (χ1n) is 5.89. The summed E-state index contributed by atoms with van der Waals surface area (Å²) in [6, 6.07) is 0. The van der Waals surface area contributed by atoms with Crippen LogP contribution in [0.25, 0.3) is 0 Å². The molecule has 0 aliphatic carbocycles. The lowest BCUT2D eigenvalue weighted by molar-refractivity contribution is -0.131. The molecule has 1 fully saturated rings. The van der Waals surface area contributed by atoms with Crippen molar-refractivity contribution in [1.82, 2.24) is 4.98 Å². The Morgan fingerprint density at radius 3 is 2.78 bits per heavy atom. The van der Waals surface area contributed by atoms with Crippen molar-refractivity contribution in [3.8, 4) is 0 Å². The number of carbonyl (C=O) groups excluding carboxylic acids is 1. The summed E-state index contributed by atoms with van der Waals surface area (Å²) in [7, 11) is 0. The number of aliphatic hydroxyl groups is 1. The van der Waals surface area contributed by atoms with E-state index in [1.54, 1.807) is 11.8 Å². The zero-order valence-corrected chi connectivity index (χ0v) is 12.5. The zero-order chi connectivity index (χ0) is 13.4. The van der Waals surface area contributed by atoms with Crippen molar-refractivity contribution in [2.24, 2.45) is 0 Å². The average molecular weight is 286 g/mol. The molecule has 100 valence electrons. The minimum Gasteiger partial charge on any atom is -0.379 e. The van der Waals surface area contributed by atoms with Gasteiger partial charge in [-0.15, -0.1) is 11.3 Å². The Kier molecular flexibility index (Phi) is 3.71. The first-order valence-corrected chi connectivity index (χ1v) is 7.92. The highest BCUT2D eigenvalue weighted by molar-refractivity contribution is 7.99. The summed E-state index contributed by atoms with van der Waals surface area (Å²) in [5.41, 5.74) is -0.298. The SMILES string of the molecule is CC(C)(C)c1csc(NC(=O)[C@]2(O)CCSC2)n1. The normalized spacial score (nSPS) is 24.2. The highest BCUT2D eigenvalue weighted by atomic mass is 32.2. The van der Waals surface area contributed by atoms with Crippen LogP contribution in [0.1, 0.15) is 32.9 Å². The number of anilines is 1. The third kappa shape index (κ3) is 2.87. The molecule has 2 rings (SSSR count). The summed E-state index contributed by atoms with van der Waals surface area (Å²) < 4.78 is 0. The second-order valence-corrected chi connectivity index (χ2v) is 7.54. The van der Waals surface area contributed by atoms with Gasteiger partial charge < -0.3 is 5.11 Å². The lowest BCUT2D eigenvalue weighted by atomic mass is 9.93. The van der Waals surface area contributed by atoms with Gasteiger partial charge in [0.15, 0.2) is 10.7 Å². The van der Waals surface area contributed by atoms with E-state index in [4.69, 9.17) is 0 Å². The maximum absolute atomic E-state index is 12.0. The quantitative estimate of drug-likeness (QED) is 0.875. The van der Waals surface area contributed by atoms with Crippen molar-refractivity contribution in [1.29, 1.82) is 0 Å². The molecule has 4 nitrogen and oxygen atoms in total. The van der Waals surface area contributed by atoms with E-state index in [9.17, 15) is 9.90 Å². The van der Waals surface area contributed by atoms with Crippen molar-refractivity contribution in [3.05, 3.63) is 11.1 Å². The minimum atomic E-state index is -1.22. The van der Waals surface area contributed by atoms with Crippen LogP contribution < -0.4 is 5.32 Å². The van der Waals surface area contributed by atoms with Crippen molar-refractivity contribution < 1.29 is 9.90 Å². The zero-order valence-electron chi connectivity index (χ0n) is 10.8. The molecule has 18 heavy (non-hydrogen) atoms. The van der Waals surface area contributed by atoms with Crippen molar-refractivity contribution in [2.75, 3.05) is 16.8 Å². The lowest BCUT2D eigenvalue weighted by Gasteiger charge is -2.19. The van der Waals surface area contributed by atoms with Crippen LogP contribution in [0.3, 0.4) is 0 Å². The molecule has 6 heteroatoms. The molecule has 1 aliphatic rings. The first kappa shape index (κ1) is 13.8. The number of amides is 1. The van der Waals surface area contributed by atoms with E-state index in [-0.39, 0.29) is 11.3 Å². The van der Waals surface area contributed by atoms with Gasteiger partial charge in [-0.2, -0.15) is 11.8 Å². The largest absolute Gasteiger partial charge is 0.379 e. The van der Waals surface area contributed by atoms with Gasteiger partial charge in [0.25, 0.3) is 5.91 Å². The Bertz CT molecular complexity index is 445. The van der Waals surface area contributed by atoms with E-state index in [2.05, 4.69) is 31.1 Å². The Morgan fingerprint density at radius 2 is 2.28 bits per heavy atom. The predicted molar refractivity (Wildman–Crippen MR) is 76.3 cm³/mol. The second-order valence-electron chi connectivity index (χ2n) is 5.58. The molecule has 1 aliphatic heterocycles. The summed E-state index contributed by atoms with van der Waals surface area (Å²) in [5.74, 6) is 0.966. The predicted octanol–water partition coefficient (Wildman–Crippen LogP) is 2.25. The Morgan fingerprint density at radius 1 is 1.56 bits per heavy atom.